The molecule has 448 valence electrons. The molecule has 6 nitrogen and oxygen atoms in total. The van der Waals surface area contributed by atoms with E-state index in [4.69, 9.17) is 14.2 Å². The molecule has 0 bridgehead atoms. The van der Waals surface area contributed by atoms with E-state index in [2.05, 4.69) is 81.5 Å². The first-order valence-electron chi connectivity index (χ1n) is 33.8. The molecule has 77 heavy (non-hydrogen) atoms. The van der Waals surface area contributed by atoms with Gasteiger partial charge in [-0.3, -0.25) is 14.4 Å². The molecule has 1 atom stereocenters. The molecule has 6 heteroatoms. The molecule has 0 aliphatic heterocycles. The van der Waals surface area contributed by atoms with Crippen molar-refractivity contribution in [3.8, 4) is 0 Å². The van der Waals surface area contributed by atoms with E-state index in [0.717, 1.165) is 96.3 Å². The van der Waals surface area contributed by atoms with Gasteiger partial charge in [0, 0.05) is 19.3 Å². The van der Waals surface area contributed by atoms with E-state index in [1.165, 1.54) is 218 Å². The van der Waals surface area contributed by atoms with Gasteiger partial charge in [0.05, 0.1) is 0 Å². The van der Waals surface area contributed by atoms with E-state index < -0.39 is 6.10 Å². The van der Waals surface area contributed by atoms with Crippen LogP contribution in [0.3, 0.4) is 0 Å². The summed E-state index contributed by atoms with van der Waals surface area (Å²) in [6.45, 7) is 6.57. The standard InChI is InChI=1S/C71H128O6/c1-4-7-10-13-16-19-22-25-28-31-34-35-36-38-40-43-46-49-52-55-58-61-64-70(73)76-67-68(66-75-69(72)63-60-57-54-51-48-45-42-39-33-30-27-24-21-18-15-12-9-6-3)77-71(74)65-62-59-56-53-50-47-44-41-37-32-29-26-23-20-17-14-11-8-5-2/h8,11,17,20,26,29-30,33,37,41,68H,4-7,9-10,12-16,18-19,21-25,27-28,31-32,34-36,38-40,42-67H2,1-3H3/b11-8-,20-17-,29-26-,33-30-,41-37-. The zero-order valence-corrected chi connectivity index (χ0v) is 51.5. The largest absolute Gasteiger partial charge is 0.462 e. The van der Waals surface area contributed by atoms with Crippen LogP contribution in [0.2, 0.25) is 0 Å². The van der Waals surface area contributed by atoms with Crippen molar-refractivity contribution in [2.75, 3.05) is 13.2 Å². The second-order valence-electron chi connectivity index (χ2n) is 22.7. The van der Waals surface area contributed by atoms with Crippen molar-refractivity contribution in [3.63, 3.8) is 0 Å². The maximum atomic E-state index is 12.9. The highest BCUT2D eigenvalue weighted by Crippen LogP contribution is 2.18. The van der Waals surface area contributed by atoms with E-state index in [1.807, 2.05) is 0 Å². The van der Waals surface area contributed by atoms with Gasteiger partial charge in [-0.2, -0.15) is 0 Å². The van der Waals surface area contributed by atoms with Gasteiger partial charge in [0.25, 0.3) is 0 Å². The van der Waals surface area contributed by atoms with Crippen LogP contribution in [0.25, 0.3) is 0 Å². The SMILES string of the molecule is CC/C=C\C/C=C\C/C=C\C/C=C\CCCCCCCCC(=O)OC(COC(=O)CCCCCCCCC/C=C\CCCCCCCCC)COC(=O)CCCCCCCCCCCCCCCCCCCCCCCC. The molecule has 0 heterocycles. The summed E-state index contributed by atoms with van der Waals surface area (Å²) in [6, 6.07) is 0. The molecule has 0 amide bonds. The summed E-state index contributed by atoms with van der Waals surface area (Å²) in [6.07, 6.45) is 83.7. The number of carbonyl (C=O) groups excluding carboxylic acids is 3. The van der Waals surface area contributed by atoms with Crippen LogP contribution in [0.5, 0.6) is 0 Å². The third kappa shape index (κ3) is 63.8. The quantitative estimate of drug-likeness (QED) is 0.0261. The maximum Gasteiger partial charge on any atom is 0.306 e. The number of ether oxygens (including phenoxy) is 3. The molecule has 0 aromatic heterocycles. The Balaban J connectivity index is 4.35. The van der Waals surface area contributed by atoms with Crippen LogP contribution in [0.4, 0.5) is 0 Å². The van der Waals surface area contributed by atoms with E-state index >= 15 is 0 Å². The lowest BCUT2D eigenvalue weighted by molar-refractivity contribution is -0.167. The van der Waals surface area contributed by atoms with E-state index in [0.29, 0.717) is 19.3 Å². The van der Waals surface area contributed by atoms with Crippen molar-refractivity contribution in [3.05, 3.63) is 60.8 Å². The van der Waals surface area contributed by atoms with Gasteiger partial charge in [-0.25, -0.2) is 0 Å². The van der Waals surface area contributed by atoms with Crippen molar-refractivity contribution in [2.45, 2.75) is 361 Å². The van der Waals surface area contributed by atoms with Crippen LogP contribution >= 0.6 is 0 Å². The molecule has 0 rings (SSSR count). The van der Waals surface area contributed by atoms with Crippen LogP contribution in [-0.4, -0.2) is 37.2 Å². The Hall–Kier alpha value is -2.89. The second-order valence-corrected chi connectivity index (χ2v) is 22.7. The van der Waals surface area contributed by atoms with E-state index in [-0.39, 0.29) is 31.1 Å². The fraction of sp³-hybridized carbons (Fsp3) is 0.817. The molecule has 0 saturated carbocycles. The molecule has 0 saturated heterocycles. The Morgan fingerprint density at radius 1 is 0.273 bits per heavy atom. The lowest BCUT2D eigenvalue weighted by Gasteiger charge is -2.18. The fourth-order valence-corrected chi connectivity index (χ4v) is 9.96. The van der Waals surface area contributed by atoms with Gasteiger partial charge in [0.2, 0.25) is 0 Å². The predicted molar refractivity (Wildman–Crippen MR) is 335 cm³/mol. The summed E-state index contributed by atoms with van der Waals surface area (Å²) < 4.78 is 17.0. The summed E-state index contributed by atoms with van der Waals surface area (Å²) in [5.41, 5.74) is 0. The van der Waals surface area contributed by atoms with Crippen molar-refractivity contribution in [1.82, 2.24) is 0 Å². The maximum absolute atomic E-state index is 12.9. The normalized spacial score (nSPS) is 12.4. The number of allylic oxidation sites excluding steroid dienone is 10. The van der Waals surface area contributed by atoms with E-state index in [9.17, 15) is 14.4 Å². The van der Waals surface area contributed by atoms with Gasteiger partial charge in [-0.05, 0) is 83.5 Å². The molecular formula is C71H128O6. The number of carbonyl (C=O) groups is 3. The molecule has 0 aromatic carbocycles. The molecular weight excluding hydrogens is 949 g/mol. The minimum atomic E-state index is -0.784. The summed E-state index contributed by atoms with van der Waals surface area (Å²) in [5.74, 6) is -0.874. The smallest absolute Gasteiger partial charge is 0.306 e. The summed E-state index contributed by atoms with van der Waals surface area (Å²) in [7, 11) is 0. The number of unbranched alkanes of at least 4 members (excludes halogenated alkanes) is 41. The summed E-state index contributed by atoms with van der Waals surface area (Å²) in [4.78, 5) is 38.4. The highest BCUT2D eigenvalue weighted by atomic mass is 16.6. The number of hydrogen-bond donors (Lipinski definition) is 0. The predicted octanol–water partition coefficient (Wildman–Crippen LogP) is 23.1. The number of hydrogen-bond acceptors (Lipinski definition) is 6. The average Bonchev–Trinajstić information content (AvgIpc) is 3.43. The fourth-order valence-electron chi connectivity index (χ4n) is 9.96. The minimum Gasteiger partial charge on any atom is -0.462 e. The number of rotatable bonds is 62. The zero-order valence-electron chi connectivity index (χ0n) is 51.5. The van der Waals surface area contributed by atoms with Crippen molar-refractivity contribution >= 4 is 17.9 Å². The molecule has 0 spiro atoms. The van der Waals surface area contributed by atoms with Gasteiger partial charge in [0.15, 0.2) is 6.10 Å². The molecule has 0 fully saturated rings. The third-order valence-electron chi connectivity index (χ3n) is 15.0. The Morgan fingerprint density at radius 3 is 0.805 bits per heavy atom. The van der Waals surface area contributed by atoms with Gasteiger partial charge >= 0.3 is 17.9 Å². The van der Waals surface area contributed by atoms with Gasteiger partial charge < -0.3 is 14.2 Å². The molecule has 1 unspecified atom stereocenters. The summed E-state index contributed by atoms with van der Waals surface area (Å²) in [5, 5.41) is 0. The Morgan fingerprint density at radius 2 is 0.506 bits per heavy atom. The van der Waals surface area contributed by atoms with Crippen LogP contribution in [-0.2, 0) is 28.6 Å². The highest BCUT2D eigenvalue weighted by Gasteiger charge is 2.19. The van der Waals surface area contributed by atoms with Crippen molar-refractivity contribution in [2.24, 2.45) is 0 Å². The monoisotopic (exact) mass is 1080 g/mol. The lowest BCUT2D eigenvalue weighted by Crippen LogP contribution is -2.30. The van der Waals surface area contributed by atoms with Gasteiger partial charge in [0.1, 0.15) is 13.2 Å². The molecule has 0 aromatic rings. The van der Waals surface area contributed by atoms with Crippen molar-refractivity contribution < 1.29 is 28.6 Å². The van der Waals surface area contributed by atoms with Gasteiger partial charge in [-0.15, -0.1) is 0 Å². The lowest BCUT2D eigenvalue weighted by atomic mass is 10.0. The highest BCUT2D eigenvalue weighted by molar-refractivity contribution is 5.71. The van der Waals surface area contributed by atoms with Gasteiger partial charge in [-0.1, -0.05) is 313 Å². The first-order chi connectivity index (χ1) is 38.0. The Bertz CT molecular complexity index is 1380. The molecule has 0 aliphatic rings. The minimum absolute atomic E-state index is 0.0780. The van der Waals surface area contributed by atoms with Crippen LogP contribution < -0.4 is 0 Å². The third-order valence-corrected chi connectivity index (χ3v) is 15.0. The average molecular weight is 1080 g/mol. The second kappa shape index (κ2) is 65.6. The molecule has 0 radical (unpaired) electrons. The van der Waals surface area contributed by atoms with Crippen LogP contribution in [0.1, 0.15) is 355 Å². The van der Waals surface area contributed by atoms with Crippen LogP contribution in [0.15, 0.2) is 60.8 Å². The Kier molecular flexibility index (Phi) is 63.2. The molecule has 0 aliphatic carbocycles. The topological polar surface area (TPSA) is 78.9 Å². The van der Waals surface area contributed by atoms with E-state index in [1.54, 1.807) is 0 Å². The zero-order chi connectivity index (χ0) is 55.7. The van der Waals surface area contributed by atoms with Crippen molar-refractivity contribution in [1.29, 1.82) is 0 Å². The first kappa shape index (κ1) is 74.1. The molecule has 0 N–H and O–H groups in total. The first-order valence-corrected chi connectivity index (χ1v) is 33.8. The Labute approximate surface area is 479 Å². The van der Waals surface area contributed by atoms with Crippen LogP contribution in [0, 0.1) is 0 Å². The number of esters is 3. The summed E-state index contributed by atoms with van der Waals surface area (Å²) >= 11 is 0.